The number of hydrogen-bond acceptors (Lipinski definition) is 3. The van der Waals surface area contributed by atoms with E-state index in [1.807, 2.05) is 0 Å². The van der Waals surface area contributed by atoms with Crippen LogP contribution in [-0.4, -0.2) is 47.7 Å². The van der Waals surface area contributed by atoms with E-state index < -0.39 is 18.0 Å². The van der Waals surface area contributed by atoms with E-state index in [0.29, 0.717) is 13.0 Å². The molecule has 0 bridgehead atoms. The van der Waals surface area contributed by atoms with Crippen molar-refractivity contribution in [2.45, 2.75) is 38.8 Å². The van der Waals surface area contributed by atoms with Crippen molar-refractivity contribution in [3.63, 3.8) is 0 Å². The minimum absolute atomic E-state index is 0.124. The highest BCUT2D eigenvalue weighted by molar-refractivity contribution is 5.82. The summed E-state index contributed by atoms with van der Waals surface area (Å²) in [7, 11) is 1.48. The van der Waals surface area contributed by atoms with Crippen LogP contribution in [0.5, 0.6) is 0 Å². The van der Waals surface area contributed by atoms with Gasteiger partial charge in [0.1, 0.15) is 6.10 Å². The van der Waals surface area contributed by atoms with Gasteiger partial charge in [-0.3, -0.25) is 9.59 Å². The molecule has 1 aliphatic heterocycles. The van der Waals surface area contributed by atoms with Crippen molar-refractivity contribution in [2.24, 2.45) is 5.92 Å². The number of carbonyl (C=O) groups is 2. The summed E-state index contributed by atoms with van der Waals surface area (Å²) in [6, 6.07) is -0.253. The molecule has 1 saturated heterocycles. The molecule has 5 nitrogen and oxygen atoms in total. The topological polar surface area (TPSA) is 66.8 Å². The molecule has 1 N–H and O–H groups in total. The van der Waals surface area contributed by atoms with Crippen molar-refractivity contribution in [3.05, 3.63) is 0 Å². The lowest BCUT2D eigenvalue weighted by molar-refractivity contribution is -0.153. The molecular formula is C11H19NO4. The molecule has 1 amide bonds. The molecule has 5 heteroatoms. The number of ether oxygens (including phenoxy) is 1. The number of hydrogen-bond donors (Lipinski definition) is 1. The Balaban J connectivity index is 2.73. The number of rotatable bonds is 3. The Morgan fingerprint density at radius 2 is 2.12 bits per heavy atom. The first kappa shape index (κ1) is 13.0. The number of carboxylic acid groups (broad SMARTS) is 1. The molecule has 1 aliphatic rings. The van der Waals surface area contributed by atoms with Crippen LogP contribution in [0.2, 0.25) is 0 Å². The fourth-order valence-electron chi connectivity index (χ4n) is 2.12. The average molecular weight is 229 g/mol. The molecular weight excluding hydrogens is 210 g/mol. The molecule has 16 heavy (non-hydrogen) atoms. The van der Waals surface area contributed by atoms with Crippen molar-refractivity contribution < 1.29 is 19.4 Å². The number of amides is 1. The Hall–Kier alpha value is -1.10. The Kier molecular flexibility index (Phi) is 4.29. The molecule has 0 aromatic carbocycles. The first-order valence-electron chi connectivity index (χ1n) is 5.55. The molecule has 0 radical (unpaired) electrons. The lowest BCUT2D eigenvalue weighted by atomic mass is 9.90. The van der Waals surface area contributed by atoms with E-state index in [1.54, 1.807) is 18.7 Å². The maximum absolute atomic E-state index is 11.9. The van der Waals surface area contributed by atoms with Gasteiger partial charge in [0.2, 0.25) is 0 Å². The van der Waals surface area contributed by atoms with Crippen molar-refractivity contribution >= 4 is 11.9 Å². The lowest BCUT2D eigenvalue weighted by Crippen LogP contribution is -2.52. The first-order chi connectivity index (χ1) is 7.49. The summed E-state index contributed by atoms with van der Waals surface area (Å²) in [5.74, 6) is -1.40. The predicted molar refractivity (Wildman–Crippen MR) is 58.0 cm³/mol. The van der Waals surface area contributed by atoms with Gasteiger partial charge in [0.05, 0.1) is 5.92 Å². The number of methoxy groups -OCH3 is 1. The van der Waals surface area contributed by atoms with Crippen LogP contribution >= 0.6 is 0 Å². The Bertz CT molecular complexity index is 279. The Morgan fingerprint density at radius 3 is 2.62 bits per heavy atom. The molecule has 0 spiro atoms. The van der Waals surface area contributed by atoms with E-state index >= 15 is 0 Å². The van der Waals surface area contributed by atoms with Crippen LogP contribution < -0.4 is 0 Å². The third-order valence-electron chi connectivity index (χ3n) is 3.29. The van der Waals surface area contributed by atoms with E-state index in [2.05, 4.69) is 0 Å². The quantitative estimate of drug-likeness (QED) is 0.774. The van der Waals surface area contributed by atoms with Crippen LogP contribution in [0.25, 0.3) is 0 Å². The van der Waals surface area contributed by atoms with E-state index in [-0.39, 0.29) is 11.9 Å². The van der Waals surface area contributed by atoms with E-state index in [1.165, 1.54) is 7.11 Å². The number of likely N-dealkylation sites (tertiary alicyclic amines) is 1. The zero-order valence-electron chi connectivity index (χ0n) is 9.97. The summed E-state index contributed by atoms with van der Waals surface area (Å²) in [5.41, 5.74) is 0. The molecule has 3 atom stereocenters. The van der Waals surface area contributed by atoms with Crippen LogP contribution in [0, 0.1) is 5.92 Å². The third-order valence-corrected chi connectivity index (χ3v) is 3.29. The van der Waals surface area contributed by atoms with Gasteiger partial charge in [-0.15, -0.1) is 0 Å². The number of carboxylic acids is 1. The van der Waals surface area contributed by atoms with Gasteiger partial charge in [0.25, 0.3) is 5.91 Å². The molecule has 0 aromatic rings. The minimum Gasteiger partial charge on any atom is -0.481 e. The zero-order valence-corrected chi connectivity index (χ0v) is 9.97. The summed E-state index contributed by atoms with van der Waals surface area (Å²) >= 11 is 0. The summed E-state index contributed by atoms with van der Waals surface area (Å²) in [5, 5.41) is 9.03. The highest BCUT2D eigenvalue weighted by Crippen LogP contribution is 2.24. The first-order valence-corrected chi connectivity index (χ1v) is 5.55. The second kappa shape index (κ2) is 5.30. The fourth-order valence-corrected chi connectivity index (χ4v) is 2.12. The van der Waals surface area contributed by atoms with Crippen molar-refractivity contribution in [3.8, 4) is 0 Å². The Morgan fingerprint density at radius 1 is 1.50 bits per heavy atom. The largest absolute Gasteiger partial charge is 0.481 e. The highest BCUT2D eigenvalue weighted by atomic mass is 16.5. The van der Waals surface area contributed by atoms with Gasteiger partial charge in [-0.25, -0.2) is 0 Å². The molecule has 1 heterocycles. The molecule has 0 aliphatic carbocycles. The normalized spacial score (nSPS) is 27.6. The van der Waals surface area contributed by atoms with Crippen molar-refractivity contribution in [1.82, 2.24) is 4.90 Å². The lowest BCUT2D eigenvalue weighted by Gasteiger charge is -2.38. The smallest absolute Gasteiger partial charge is 0.308 e. The van der Waals surface area contributed by atoms with E-state index in [0.717, 1.165) is 6.42 Å². The van der Waals surface area contributed by atoms with E-state index in [4.69, 9.17) is 9.84 Å². The van der Waals surface area contributed by atoms with Gasteiger partial charge in [0.15, 0.2) is 0 Å². The minimum atomic E-state index is -0.824. The maximum Gasteiger partial charge on any atom is 0.308 e. The Labute approximate surface area is 95.4 Å². The molecule has 0 aromatic heterocycles. The molecule has 1 fully saturated rings. The fraction of sp³-hybridized carbons (Fsp3) is 0.818. The molecule has 92 valence electrons. The van der Waals surface area contributed by atoms with Gasteiger partial charge >= 0.3 is 5.97 Å². The van der Waals surface area contributed by atoms with Gasteiger partial charge < -0.3 is 14.7 Å². The van der Waals surface area contributed by atoms with Gasteiger partial charge in [-0.1, -0.05) is 0 Å². The standard InChI is InChI=1S/C11H19NO4/c1-7-9(11(14)15)5-4-6-12(7)10(13)8(2)16-3/h7-9H,4-6H2,1-3H3,(H,14,15)/t7-,8+,9-/m0/s1. The maximum atomic E-state index is 11.9. The third kappa shape index (κ3) is 2.52. The zero-order chi connectivity index (χ0) is 12.3. The van der Waals surface area contributed by atoms with Crippen LogP contribution in [0.4, 0.5) is 0 Å². The summed E-state index contributed by atoms with van der Waals surface area (Å²) in [4.78, 5) is 24.5. The van der Waals surface area contributed by atoms with Crippen LogP contribution in [-0.2, 0) is 14.3 Å². The van der Waals surface area contributed by atoms with Crippen molar-refractivity contribution in [1.29, 1.82) is 0 Å². The average Bonchev–Trinajstić information content (AvgIpc) is 2.27. The summed E-state index contributed by atoms with van der Waals surface area (Å²) in [6.07, 6.45) is 0.875. The van der Waals surface area contributed by atoms with Crippen LogP contribution in [0.1, 0.15) is 26.7 Å². The number of aliphatic carboxylic acids is 1. The van der Waals surface area contributed by atoms with Gasteiger partial charge in [-0.2, -0.15) is 0 Å². The number of nitrogens with zero attached hydrogens (tertiary/aromatic N) is 1. The number of piperidine rings is 1. The van der Waals surface area contributed by atoms with Gasteiger partial charge in [-0.05, 0) is 26.7 Å². The monoisotopic (exact) mass is 229 g/mol. The SMILES string of the molecule is CO[C@H](C)C(=O)N1CCC[C@H](C(=O)O)[C@@H]1C. The second-order valence-electron chi connectivity index (χ2n) is 4.24. The van der Waals surface area contributed by atoms with Crippen LogP contribution in [0.15, 0.2) is 0 Å². The van der Waals surface area contributed by atoms with Crippen molar-refractivity contribution in [2.75, 3.05) is 13.7 Å². The highest BCUT2D eigenvalue weighted by Gasteiger charge is 2.36. The second-order valence-corrected chi connectivity index (χ2v) is 4.24. The molecule has 0 saturated carbocycles. The predicted octanol–water partition coefficient (Wildman–Crippen LogP) is 0.733. The molecule has 0 unspecified atom stereocenters. The summed E-state index contributed by atoms with van der Waals surface area (Å²) in [6.45, 7) is 4.09. The molecule has 1 rings (SSSR count). The summed E-state index contributed by atoms with van der Waals surface area (Å²) < 4.78 is 4.97. The van der Waals surface area contributed by atoms with Crippen LogP contribution in [0.3, 0.4) is 0 Å². The van der Waals surface area contributed by atoms with E-state index in [9.17, 15) is 9.59 Å². The number of carbonyl (C=O) groups excluding carboxylic acids is 1. The van der Waals surface area contributed by atoms with Gasteiger partial charge in [0, 0.05) is 19.7 Å².